The Morgan fingerprint density at radius 1 is 1.03 bits per heavy atom. The maximum Gasteiger partial charge on any atom is 0.258 e. The predicted octanol–water partition coefficient (Wildman–Crippen LogP) is 4.61. The Morgan fingerprint density at radius 2 is 1.77 bits per heavy atom. The molecule has 0 aromatic heterocycles. The van der Waals surface area contributed by atoms with E-state index in [-0.39, 0.29) is 17.9 Å². The standard InChI is InChI=1S/C26H26N2O3/c1-3-31-24-12-8-7-11-22(24)25(29)27-17-19-13-14-21-15-18(2)28(23(21)16-19)26(30)20-9-5-4-6-10-20/h4-14,16,18H,3,15,17H2,1-2H3,(H,27,29)/t18-/m1/s1. The molecule has 3 aromatic carbocycles. The Balaban J connectivity index is 1.52. The van der Waals surface area contributed by atoms with E-state index >= 15 is 0 Å². The van der Waals surface area contributed by atoms with Gasteiger partial charge in [0.25, 0.3) is 11.8 Å². The van der Waals surface area contributed by atoms with Crippen molar-refractivity contribution in [3.8, 4) is 5.75 Å². The second-order valence-electron chi connectivity index (χ2n) is 7.67. The molecule has 0 unspecified atom stereocenters. The average Bonchev–Trinajstić information content (AvgIpc) is 3.13. The van der Waals surface area contributed by atoms with Crippen LogP contribution in [0.4, 0.5) is 5.69 Å². The first kappa shape index (κ1) is 20.7. The van der Waals surface area contributed by atoms with Crippen molar-refractivity contribution in [3.05, 3.63) is 95.1 Å². The molecule has 0 saturated carbocycles. The molecule has 0 aliphatic carbocycles. The molecule has 5 heteroatoms. The number of carbonyl (C=O) groups excluding carboxylic acids is 2. The molecule has 0 saturated heterocycles. The summed E-state index contributed by atoms with van der Waals surface area (Å²) in [5.74, 6) is 0.388. The van der Waals surface area contributed by atoms with Crippen LogP contribution in [0, 0.1) is 0 Å². The van der Waals surface area contributed by atoms with Crippen LogP contribution >= 0.6 is 0 Å². The third-order valence-corrected chi connectivity index (χ3v) is 5.49. The molecule has 1 heterocycles. The maximum atomic E-state index is 13.1. The van der Waals surface area contributed by atoms with Gasteiger partial charge in [0.05, 0.1) is 12.2 Å². The highest BCUT2D eigenvalue weighted by Gasteiger charge is 2.31. The Hall–Kier alpha value is -3.60. The number of carbonyl (C=O) groups is 2. The first-order valence-corrected chi connectivity index (χ1v) is 10.6. The fraction of sp³-hybridized carbons (Fsp3) is 0.231. The van der Waals surface area contributed by atoms with Crippen LogP contribution in [0.25, 0.3) is 0 Å². The molecule has 0 radical (unpaired) electrons. The van der Waals surface area contributed by atoms with Crippen LogP contribution in [-0.2, 0) is 13.0 Å². The Labute approximate surface area is 182 Å². The molecule has 0 bridgehead atoms. The maximum absolute atomic E-state index is 13.1. The van der Waals surface area contributed by atoms with Gasteiger partial charge >= 0.3 is 0 Å². The predicted molar refractivity (Wildman–Crippen MR) is 122 cm³/mol. The van der Waals surface area contributed by atoms with E-state index in [1.807, 2.05) is 66.4 Å². The first-order valence-electron chi connectivity index (χ1n) is 10.6. The van der Waals surface area contributed by atoms with Crippen LogP contribution in [0.1, 0.15) is 45.7 Å². The van der Waals surface area contributed by atoms with E-state index < -0.39 is 0 Å². The van der Waals surface area contributed by atoms with Gasteiger partial charge in [-0.2, -0.15) is 0 Å². The van der Waals surface area contributed by atoms with Crippen LogP contribution < -0.4 is 15.0 Å². The molecule has 4 rings (SSSR count). The summed E-state index contributed by atoms with van der Waals surface area (Å²) in [5, 5.41) is 2.97. The molecule has 5 nitrogen and oxygen atoms in total. The third-order valence-electron chi connectivity index (χ3n) is 5.49. The molecule has 3 aromatic rings. The first-order chi connectivity index (χ1) is 15.1. The molecule has 1 atom stereocenters. The zero-order valence-corrected chi connectivity index (χ0v) is 17.8. The van der Waals surface area contributed by atoms with Gasteiger partial charge in [0.15, 0.2) is 0 Å². The van der Waals surface area contributed by atoms with Crippen molar-refractivity contribution in [2.45, 2.75) is 32.9 Å². The number of nitrogens with zero attached hydrogens (tertiary/aromatic N) is 1. The number of rotatable bonds is 6. The van der Waals surface area contributed by atoms with Gasteiger partial charge in [-0.15, -0.1) is 0 Å². The molecule has 0 fully saturated rings. The molecular formula is C26H26N2O3. The molecule has 1 aliphatic heterocycles. The van der Waals surface area contributed by atoms with Crippen LogP contribution in [0.15, 0.2) is 72.8 Å². The number of hydrogen-bond acceptors (Lipinski definition) is 3. The van der Waals surface area contributed by atoms with Gasteiger partial charge in [0.2, 0.25) is 0 Å². The van der Waals surface area contributed by atoms with Crippen molar-refractivity contribution in [1.82, 2.24) is 5.32 Å². The summed E-state index contributed by atoms with van der Waals surface area (Å²) in [6.45, 7) is 4.82. The minimum absolute atomic E-state index is 0.00122. The van der Waals surface area contributed by atoms with Gasteiger partial charge in [-0.1, -0.05) is 42.5 Å². The van der Waals surface area contributed by atoms with Gasteiger partial charge in [0, 0.05) is 23.8 Å². The number of para-hydroxylation sites is 1. The smallest absolute Gasteiger partial charge is 0.258 e. The van der Waals surface area contributed by atoms with E-state index in [2.05, 4.69) is 18.3 Å². The molecule has 158 valence electrons. The number of fused-ring (bicyclic) bond motifs is 1. The second kappa shape index (κ2) is 9.04. The molecule has 31 heavy (non-hydrogen) atoms. The van der Waals surface area contributed by atoms with Crippen LogP contribution in [0.3, 0.4) is 0 Å². The number of ether oxygens (including phenoxy) is 1. The van der Waals surface area contributed by atoms with Crippen molar-refractivity contribution in [3.63, 3.8) is 0 Å². The van der Waals surface area contributed by atoms with Crippen LogP contribution in [0.2, 0.25) is 0 Å². The summed E-state index contributed by atoms with van der Waals surface area (Å²) in [7, 11) is 0. The second-order valence-corrected chi connectivity index (χ2v) is 7.67. The molecule has 2 amide bonds. The zero-order valence-electron chi connectivity index (χ0n) is 17.8. The van der Waals surface area contributed by atoms with Crippen LogP contribution in [0.5, 0.6) is 5.75 Å². The van der Waals surface area contributed by atoms with Crippen molar-refractivity contribution >= 4 is 17.5 Å². The highest BCUT2D eigenvalue weighted by atomic mass is 16.5. The fourth-order valence-electron chi connectivity index (χ4n) is 4.01. The number of hydrogen-bond donors (Lipinski definition) is 1. The lowest BCUT2D eigenvalue weighted by Crippen LogP contribution is -2.35. The summed E-state index contributed by atoms with van der Waals surface area (Å²) < 4.78 is 5.56. The summed E-state index contributed by atoms with van der Waals surface area (Å²) in [4.78, 5) is 27.7. The quantitative estimate of drug-likeness (QED) is 0.641. The van der Waals surface area contributed by atoms with Crippen molar-refractivity contribution < 1.29 is 14.3 Å². The summed E-state index contributed by atoms with van der Waals surface area (Å²) in [5.41, 5.74) is 4.20. The highest BCUT2D eigenvalue weighted by Crippen LogP contribution is 2.34. The monoisotopic (exact) mass is 414 g/mol. The number of benzene rings is 3. The van der Waals surface area contributed by atoms with Gasteiger partial charge in [-0.3, -0.25) is 9.59 Å². The van der Waals surface area contributed by atoms with E-state index in [1.54, 1.807) is 12.1 Å². The molecule has 1 N–H and O–H groups in total. The largest absolute Gasteiger partial charge is 0.493 e. The lowest BCUT2D eigenvalue weighted by molar-refractivity contribution is 0.0945. The Morgan fingerprint density at radius 3 is 2.55 bits per heavy atom. The summed E-state index contributed by atoms with van der Waals surface area (Å²) >= 11 is 0. The highest BCUT2D eigenvalue weighted by molar-refractivity contribution is 6.07. The fourth-order valence-corrected chi connectivity index (χ4v) is 4.01. The Kier molecular flexibility index (Phi) is 6.03. The minimum atomic E-state index is -0.185. The summed E-state index contributed by atoms with van der Waals surface area (Å²) in [6.07, 6.45) is 0.822. The van der Waals surface area contributed by atoms with E-state index in [0.29, 0.717) is 30.0 Å². The van der Waals surface area contributed by atoms with Crippen molar-refractivity contribution in [1.29, 1.82) is 0 Å². The van der Waals surface area contributed by atoms with E-state index in [4.69, 9.17) is 4.74 Å². The molecule has 1 aliphatic rings. The Bertz CT molecular complexity index is 1090. The van der Waals surface area contributed by atoms with Crippen LogP contribution in [-0.4, -0.2) is 24.5 Å². The SMILES string of the molecule is CCOc1ccccc1C(=O)NCc1ccc2c(c1)N(C(=O)c1ccccc1)[C@H](C)C2. The van der Waals surface area contributed by atoms with Gasteiger partial charge in [-0.25, -0.2) is 0 Å². The molecule has 0 spiro atoms. The van der Waals surface area contributed by atoms with Gasteiger partial charge < -0.3 is 15.0 Å². The zero-order chi connectivity index (χ0) is 21.8. The van der Waals surface area contributed by atoms with E-state index in [1.165, 1.54) is 0 Å². The van der Waals surface area contributed by atoms with E-state index in [0.717, 1.165) is 23.2 Å². The lowest BCUT2D eigenvalue weighted by atomic mass is 10.1. The topological polar surface area (TPSA) is 58.6 Å². The van der Waals surface area contributed by atoms with E-state index in [9.17, 15) is 9.59 Å². The molecular weight excluding hydrogens is 388 g/mol. The minimum Gasteiger partial charge on any atom is -0.493 e. The van der Waals surface area contributed by atoms with Gasteiger partial charge in [0.1, 0.15) is 5.75 Å². The van der Waals surface area contributed by atoms with Crippen molar-refractivity contribution in [2.24, 2.45) is 0 Å². The number of anilines is 1. The third kappa shape index (κ3) is 4.31. The van der Waals surface area contributed by atoms with Gasteiger partial charge in [-0.05, 0) is 61.7 Å². The lowest BCUT2D eigenvalue weighted by Gasteiger charge is -2.23. The number of nitrogens with one attached hydrogen (secondary N) is 1. The summed E-state index contributed by atoms with van der Waals surface area (Å²) in [6, 6.07) is 22.7. The van der Waals surface area contributed by atoms with Crippen molar-refractivity contribution in [2.75, 3.05) is 11.5 Å². The normalized spacial score (nSPS) is 14.8. The number of amides is 2. The average molecular weight is 415 g/mol.